The number of benzene rings is 2. The molecule has 0 unspecified atom stereocenters. The van der Waals surface area contributed by atoms with Gasteiger partial charge in [-0.05, 0) is 34.7 Å². The van der Waals surface area contributed by atoms with Gasteiger partial charge in [-0.1, -0.05) is 30.3 Å². The summed E-state index contributed by atoms with van der Waals surface area (Å²) in [4.78, 5) is 16.0. The molecule has 100 valence electrons. The molecule has 4 nitrogen and oxygen atoms in total. The predicted molar refractivity (Wildman–Crippen MR) is 82.7 cm³/mol. The summed E-state index contributed by atoms with van der Waals surface area (Å²) in [6, 6.07) is 11.8. The largest absolute Gasteiger partial charge is 0.496 e. The zero-order chi connectivity index (χ0) is 14.1. The molecule has 0 spiro atoms. The van der Waals surface area contributed by atoms with Crippen LogP contribution in [-0.4, -0.2) is 18.2 Å². The van der Waals surface area contributed by atoms with Gasteiger partial charge < -0.3 is 10.5 Å². The number of carbonyl (C=O) groups is 1. The van der Waals surface area contributed by atoms with E-state index in [0.717, 1.165) is 22.1 Å². The third-order valence-electron chi connectivity index (χ3n) is 3.06. The van der Waals surface area contributed by atoms with Gasteiger partial charge in [0.15, 0.2) is 5.17 Å². The van der Waals surface area contributed by atoms with Gasteiger partial charge in [0.05, 0.1) is 12.0 Å². The first-order valence-electron chi connectivity index (χ1n) is 6.03. The van der Waals surface area contributed by atoms with Crippen molar-refractivity contribution in [3.8, 4) is 5.75 Å². The first-order valence-corrected chi connectivity index (χ1v) is 6.84. The van der Waals surface area contributed by atoms with Gasteiger partial charge in [0.2, 0.25) is 0 Å². The van der Waals surface area contributed by atoms with Crippen molar-refractivity contribution in [3.63, 3.8) is 0 Å². The summed E-state index contributed by atoms with van der Waals surface area (Å²) in [7, 11) is 1.61. The molecule has 5 heteroatoms. The van der Waals surface area contributed by atoms with Crippen LogP contribution in [0.4, 0.5) is 0 Å². The number of ether oxygens (including phenoxy) is 1. The molecule has 1 amide bonds. The Morgan fingerprint density at radius 3 is 2.75 bits per heavy atom. The molecular formula is C15H12N2O2S. The number of aliphatic imine (C=N–C) groups is 1. The van der Waals surface area contributed by atoms with Crippen LogP contribution in [0.2, 0.25) is 0 Å². The van der Waals surface area contributed by atoms with Gasteiger partial charge in [0.1, 0.15) is 5.75 Å². The molecule has 0 fully saturated rings. The van der Waals surface area contributed by atoms with Crippen molar-refractivity contribution in [2.45, 2.75) is 0 Å². The first kappa shape index (κ1) is 12.7. The number of amidine groups is 1. The van der Waals surface area contributed by atoms with Gasteiger partial charge in [0.25, 0.3) is 5.91 Å². The lowest BCUT2D eigenvalue weighted by Gasteiger charge is -2.09. The summed E-state index contributed by atoms with van der Waals surface area (Å²) in [6.45, 7) is 0. The minimum atomic E-state index is -0.303. The summed E-state index contributed by atoms with van der Waals surface area (Å²) in [6.07, 6.45) is 1.79. The lowest BCUT2D eigenvalue weighted by atomic mass is 10.0. The fourth-order valence-corrected chi connectivity index (χ4v) is 2.82. The summed E-state index contributed by atoms with van der Waals surface area (Å²) in [5.41, 5.74) is 6.44. The summed E-state index contributed by atoms with van der Waals surface area (Å²) in [5.74, 6) is 0.414. The van der Waals surface area contributed by atoms with Crippen molar-refractivity contribution in [2.75, 3.05) is 7.11 Å². The zero-order valence-corrected chi connectivity index (χ0v) is 11.6. The maximum atomic E-state index is 11.7. The summed E-state index contributed by atoms with van der Waals surface area (Å²) >= 11 is 1.18. The summed E-state index contributed by atoms with van der Waals surface area (Å²) in [5, 5.41) is 2.39. The third kappa shape index (κ3) is 2.16. The maximum Gasteiger partial charge on any atom is 0.286 e. The Bertz CT molecular complexity index is 766. The second-order valence-electron chi connectivity index (χ2n) is 4.27. The zero-order valence-electron chi connectivity index (χ0n) is 10.8. The fraction of sp³-hybridized carbons (Fsp3) is 0.0667. The molecule has 3 rings (SSSR count). The van der Waals surface area contributed by atoms with E-state index in [0.29, 0.717) is 4.91 Å². The van der Waals surface area contributed by atoms with Crippen LogP contribution < -0.4 is 10.5 Å². The van der Waals surface area contributed by atoms with Crippen molar-refractivity contribution in [1.82, 2.24) is 0 Å². The van der Waals surface area contributed by atoms with Crippen LogP contribution in [0.15, 0.2) is 46.3 Å². The quantitative estimate of drug-likeness (QED) is 0.861. The van der Waals surface area contributed by atoms with Gasteiger partial charge in [-0.25, -0.2) is 0 Å². The monoisotopic (exact) mass is 284 g/mol. The van der Waals surface area contributed by atoms with Crippen LogP contribution in [0.1, 0.15) is 5.56 Å². The molecule has 0 atom stereocenters. The molecule has 0 radical (unpaired) electrons. The lowest BCUT2D eigenvalue weighted by molar-refractivity contribution is -0.113. The Hall–Kier alpha value is -2.27. The van der Waals surface area contributed by atoms with E-state index in [-0.39, 0.29) is 11.1 Å². The molecule has 1 aliphatic rings. The van der Waals surface area contributed by atoms with Crippen molar-refractivity contribution in [1.29, 1.82) is 0 Å². The van der Waals surface area contributed by atoms with E-state index >= 15 is 0 Å². The molecule has 0 aromatic heterocycles. The van der Waals surface area contributed by atoms with Crippen molar-refractivity contribution in [3.05, 3.63) is 46.9 Å². The minimum absolute atomic E-state index is 0.278. The number of methoxy groups -OCH3 is 1. The Morgan fingerprint density at radius 1 is 1.25 bits per heavy atom. The van der Waals surface area contributed by atoms with Crippen LogP contribution in [-0.2, 0) is 4.79 Å². The molecule has 20 heavy (non-hydrogen) atoms. The molecule has 0 saturated heterocycles. The van der Waals surface area contributed by atoms with Crippen molar-refractivity contribution >= 4 is 39.7 Å². The van der Waals surface area contributed by atoms with E-state index < -0.39 is 0 Å². The lowest BCUT2D eigenvalue weighted by Crippen LogP contribution is -2.01. The second kappa shape index (κ2) is 5.02. The van der Waals surface area contributed by atoms with Gasteiger partial charge in [0, 0.05) is 5.56 Å². The number of amides is 1. The molecule has 2 aromatic carbocycles. The Labute approximate surface area is 120 Å². The SMILES string of the molecule is COc1ccc2ccccc2c1/C=C1/SC(N)=NC1=O. The average Bonchev–Trinajstić information content (AvgIpc) is 2.77. The molecule has 0 bridgehead atoms. The smallest absolute Gasteiger partial charge is 0.286 e. The number of nitrogens with two attached hydrogens (primary N) is 1. The third-order valence-corrected chi connectivity index (χ3v) is 3.88. The minimum Gasteiger partial charge on any atom is -0.496 e. The number of hydrogen-bond donors (Lipinski definition) is 1. The standard InChI is InChI=1S/C15H12N2O2S/c1-19-12-7-6-9-4-2-3-5-10(9)11(12)8-13-14(18)17-15(16)20-13/h2-8H,1H3,(H2,16,17,18)/b13-8+. The van der Waals surface area contributed by atoms with E-state index in [4.69, 9.17) is 10.5 Å². The van der Waals surface area contributed by atoms with E-state index in [2.05, 4.69) is 4.99 Å². The molecule has 2 aromatic rings. The fourth-order valence-electron chi connectivity index (χ4n) is 2.16. The van der Waals surface area contributed by atoms with Crippen LogP contribution in [0.25, 0.3) is 16.8 Å². The normalized spacial score (nSPS) is 16.8. The molecular weight excluding hydrogens is 272 g/mol. The van der Waals surface area contributed by atoms with Crippen molar-refractivity contribution in [2.24, 2.45) is 10.7 Å². The Kier molecular flexibility index (Phi) is 3.20. The van der Waals surface area contributed by atoms with Gasteiger partial charge in [-0.3, -0.25) is 4.79 Å². The van der Waals surface area contributed by atoms with Crippen LogP contribution in [0, 0.1) is 0 Å². The van der Waals surface area contributed by atoms with E-state index in [1.54, 1.807) is 13.2 Å². The number of carbonyl (C=O) groups excluding carboxylic acids is 1. The van der Waals surface area contributed by atoms with E-state index in [1.165, 1.54) is 11.8 Å². The predicted octanol–water partition coefficient (Wildman–Crippen LogP) is 2.78. The molecule has 2 N–H and O–H groups in total. The molecule has 1 aliphatic heterocycles. The van der Waals surface area contributed by atoms with Crippen molar-refractivity contribution < 1.29 is 9.53 Å². The van der Waals surface area contributed by atoms with Crippen LogP contribution in [0.5, 0.6) is 5.75 Å². The first-order chi connectivity index (χ1) is 9.69. The topological polar surface area (TPSA) is 64.7 Å². The molecule has 0 saturated carbocycles. The number of rotatable bonds is 2. The Balaban J connectivity index is 2.20. The number of hydrogen-bond acceptors (Lipinski definition) is 4. The second-order valence-corrected chi connectivity index (χ2v) is 5.33. The highest BCUT2D eigenvalue weighted by Gasteiger charge is 2.20. The van der Waals surface area contributed by atoms with Gasteiger partial charge >= 0.3 is 0 Å². The van der Waals surface area contributed by atoms with Crippen LogP contribution in [0.3, 0.4) is 0 Å². The number of fused-ring (bicyclic) bond motifs is 1. The highest BCUT2D eigenvalue weighted by molar-refractivity contribution is 8.18. The molecule has 1 heterocycles. The van der Waals surface area contributed by atoms with Gasteiger partial charge in [-0.15, -0.1) is 0 Å². The molecule has 0 aliphatic carbocycles. The Morgan fingerprint density at radius 2 is 2.05 bits per heavy atom. The number of nitrogens with zero attached hydrogens (tertiary/aromatic N) is 1. The summed E-state index contributed by atoms with van der Waals surface area (Å²) < 4.78 is 5.39. The van der Waals surface area contributed by atoms with E-state index in [1.807, 2.05) is 36.4 Å². The number of thioether (sulfide) groups is 1. The highest BCUT2D eigenvalue weighted by Crippen LogP contribution is 2.34. The van der Waals surface area contributed by atoms with Gasteiger partial charge in [-0.2, -0.15) is 4.99 Å². The highest BCUT2D eigenvalue weighted by atomic mass is 32.2. The maximum absolute atomic E-state index is 11.7. The van der Waals surface area contributed by atoms with Crippen LogP contribution >= 0.6 is 11.8 Å². The average molecular weight is 284 g/mol. The van der Waals surface area contributed by atoms with E-state index in [9.17, 15) is 4.79 Å².